The summed E-state index contributed by atoms with van der Waals surface area (Å²) in [6, 6.07) is 9.97. The van der Waals surface area contributed by atoms with Gasteiger partial charge in [0.2, 0.25) is 0 Å². The molecule has 0 aliphatic carbocycles. The van der Waals surface area contributed by atoms with Crippen molar-refractivity contribution in [3.05, 3.63) is 64.2 Å². The Balaban J connectivity index is 2.26. The molecule has 1 aromatic heterocycles. The standard InChI is InChI=1S/C15H9FN2O3/c16-11-4-2-1-3-9(11)13-17-12-6-5-8(15(20)21)7-10(12)14(19)18-13/h1-7H,(H,20,21)(H,17,18,19). The van der Waals surface area contributed by atoms with Crippen LogP contribution in [0.3, 0.4) is 0 Å². The van der Waals surface area contributed by atoms with Gasteiger partial charge in [0.1, 0.15) is 11.6 Å². The fourth-order valence-electron chi connectivity index (χ4n) is 2.05. The van der Waals surface area contributed by atoms with Crippen molar-refractivity contribution in [1.29, 1.82) is 0 Å². The fourth-order valence-corrected chi connectivity index (χ4v) is 2.05. The Labute approximate surface area is 117 Å². The molecule has 5 nitrogen and oxygen atoms in total. The van der Waals surface area contributed by atoms with Crippen LogP contribution in [0.25, 0.3) is 22.3 Å². The van der Waals surface area contributed by atoms with E-state index in [4.69, 9.17) is 5.11 Å². The van der Waals surface area contributed by atoms with Crippen LogP contribution in [0.15, 0.2) is 47.3 Å². The Morgan fingerprint density at radius 3 is 2.67 bits per heavy atom. The smallest absolute Gasteiger partial charge is 0.335 e. The highest BCUT2D eigenvalue weighted by Crippen LogP contribution is 2.19. The van der Waals surface area contributed by atoms with Gasteiger partial charge in [-0.15, -0.1) is 0 Å². The monoisotopic (exact) mass is 284 g/mol. The van der Waals surface area contributed by atoms with Crippen LogP contribution in [-0.4, -0.2) is 21.0 Å². The number of hydrogen-bond acceptors (Lipinski definition) is 3. The maximum atomic E-state index is 13.7. The van der Waals surface area contributed by atoms with E-state index >= 15 is 0 Å². The van der Waals surface area contributed by atoms with Gasteiger partial charge in [-0.05, 0) is 30.3 Å². The van der Waals surface area contributed by atoms with E-state index in [9.17, 15) is 14.0 Å². The van der Waals surface area contributed by atoms with Gasteiger partial charge >= 0.3 is 5.97 Å². The van der Waals surface area contributed by atoms with Crippen molar-refractivity contribution in [1.82, 2.24) is 9.97 Å². The molecule has 0 aliphatic rings. The quantitative estimate of drug-likeness (QED) is 0.757. The molecule has 1 heterocycles. The first-order valence-corrected chi connectivity index (χ1v) is 6.08. The first-order valence-electron chi connectivity index (χ1n) is 6.08. The number of fused-ring (bicyclic) bond motifs is 1. The lowest BCUT2D eigenvalue weighted by Crippen LogP contribution is -2.11. The van der Waals surface area contributed by atoms with Gasteiger partial charge in [-0.1, -0.05) is 12.1 Å². The van der Waals surface area contributed by atoms with E-state index in [0.717, 1.165) is 0 Å². The van der Waals surface area contributed by atoms with Crippen LogP contribution in [0.4, 0.5) is 4.39 Å². The normalized spacial score (nSPS) is 10.7. The molecule has 0 unspecified atom stereocenters. The molecule has 3 aromatic rings. The minimum absolute atomic E-state index is 0.00607. The van der Waals surface area contributed by atoms with Gasteiger partial charge in [0.15, 0.2) is 0 Å². The summed E-state index contributed by atoms with van der Waals surface area (Å²) in [5.74, 6) is -1.52. The molecule has 0 bridgehead atoms. The molecule has 0 amide bonds. The number of carbonyl (C=O) groups is 1. The fraction of sp³-hybridized carbons (Fsp3) is 0. The van der Waals surface area contributed by atoms with Crippen molar-refractivity contribution in [2.45, 2.75) is 0 Å². The van der Waals surface area contributed by atoms with Crippen LogP contribution in [0, 0.1) is 5.82 Å². The van der Waals surface area contributed by atoms with Crippen molar-refractivity contribution >= 4 is 16.9 Å². The number of halogens is 1. The van der Waals surface area contributed by atoms with Gasteiger partial charge in [-0.3, -0.25) is 4.79 Å². The summed E-state index contributed by atoms with van der Waals surface area (Å²) in [7, 11) is 0. The number of benzene rings is 2. The zero-order valence-electron chi connectivity index (χ0n) is 10.6. The molecule has 0 atom stereocenters. The maximum absolute atomic E-state index is 13.7. The molecule has 0 saturated carbocycles. The van der Waals surface area contributed by atoms with Crippen LogP contribution >= 0.6 is 0 Å². The Morgan fingerprint density at radius 1 is 1.19 bits per heavy atom. The third-order valence-corrected chi connectivity index (χ3v) is 3.08. The summed E-state index contributed by atoms with van der Waals surface area (Å²) in [4.78, 5) is 29.6. The van der Waals surface area contributed by atoms with E-state index in [1.165, 1.54) is 36.4 Å². The summed E-state index contributed by atoms with van der Waals surface area (Å²) < 4.78 is 13.7. The van der Waals surface area contributed by atoms with E-state index < -0.39 is 17.3 Å². The van der Waals surface area contributed by atoms with Gasteiger partial charge in [-0.2, -0.15) is 0 Å². The van der Waals surface area contributed by atoms with Gasteiger partial charge in [-0.25, -0.2) is 14.2 Å². The number of aromatic carboxylic acids is 1. The van der Waals surface area contributed by atoms with Crippen LogP contribution < -0.4 is 5.56 Å². The van der Waals surface area contributed by atoms with Crippen molar-refractivity contribution in [3.63, 3.8) is 0 Å². The lowest BCUT2D eigenvalue weighted by Gasteiger charge is -2.04. The van der Waals surface area contributed by atoms with Crippen molar-refractivity contribution in [2.75, 3.05) is 0 Å². The Kier molecular flexibility index (Phi) is 2.98. The van der Waals surface area contributed by atoms with Crippen LogP contribution in [-0.2, 0) is 0 Å². The average Bonchev–Trinajstić information content (AvgIpc) is 2.47. The highest BCUT2D eigenvalue weighted by atomic mass is 19.1. The molecule has 0 saturated heterocycles. The van der Waals surface area contributed by atoms with Gasteiger partial charge in [0.25, 0.3) is 5.56 Å². The van der Waals surface area contributed by atoms with Crippen molar-refractivity contribution in [2.24, 2.45) is 0 Å². The lowest BCUT2D eigenvalue weighted by molar-refractivity contribution is 0.0697. The number of aromatic amines is 1. The number of H-pyrrole nitrogens is 1. The first kappa shape index (κ1) is 13.0. The zero-order chi connectivity index (χ0) is 15.0. The van der Waals surface area contributed by atoms with Crippen LogP contribution in [0.1, 0.15) is 10.4 Å². The second-order valence-electron chi connectivity index (χ2n) is 4.43. The summed E-state index contributed by atoms with van der Waals surface area (Å²) in [5, 5.41) is 9.07. The third kappa shape index (κ3) is 2.27. The highest BCUT2D eigenvalue weighted by molar-refractivity contribution is 5.93. The molecule has 3 rings (SSSR count). The Bertz CT molecular complexity index is 918. The highest BCUT2D eigenvalue weighted by Gasteiger charge is 2.11. The van der Waals surface area contributed by atoms with Gasteiger partial charge in [0, 0.05) is 0 Å². The minimum Gasteiger partial charge on any atom is -0.478 e. The predicted octanol–water partition coefficient (Wildman–Crippen LogP) is 2.43. The number of hydrogen-bond donors (Lipinski definition) is 2. The molecule has 0 spiro atoms. The molecule has 0 fully saturated rings. The molecule has 104 valence electrons. The molecule has 6 heteroatoms. The molecule has 0 aliphatic heterocycles. The number of rotatable bonds is 2. The summed E-state index contributed by atoms with van der Waals surface area (Å²) in [6.07, 6.45) is 0. The molecule has 21 heavy (non-hydrogen) atoms. The first-order chi connectivity index (χ1) is 10.1. The topological polar surface area (TPSA) is 83.0 Å². The largest absolute Gasteiger partial charge is 0.478 e. The van der Waals surface area contributed by atoms with E-state index in [-0.39, 0.29) is 22.3 Å². The number of carboxylic acid groups (broad SMARTS) is 1. The van der Waals surface area contributed by atoms with Crippen molar-refractivity contribution in [3.8, 4) is 11.4 Å². The third-order valence-electron chi connectivity index (χ3n) is 3.08. The minimum atomic E-state index is -1.13. The number of carboxylic acids is 1. The van der Waals surface area contributed by atoms with E-state index in [1.54, 1.807) is 6.07 Å². The lowest BCUT2D eigenvalue weighted by atomic mass is 10.1. The summed E-state index contributed by atoms with van der Waals surface area (Å²) in [5.41, 5.74) is -0.0318. The summed E-state index contributed by atoms with van der Waals surface area (Å²) >= 11 is 0. The molecule has 2 aromatic carbocycles. The molecule has 2 N–H and O–H groups in total. The van der Waals surface area contributed by atoms with Crippen LogP contribution in [0.2, 0.25) is 0 Å². The number of aromatic nitrogens is 2. The SMILES string of the molecule is O=C(O)c1ccc2nc(-c3ccccc3F)[nH]c(=O)c2c1. The van der Waals surface area contributed by atoms with Gasteiger partial charge < -0.3 is 10.1 Å². The van der Waals surface area contributed by atoms with E-state index in [0.29, 0.717) is 5.52 Å². The second kappa shape index (κ2) is 4.82. The summed E-state index contributed by atoms with van der Waals surface area (Å²) in [6.45, 7) is 0. The maximum Gasteiger partial charge on any atom is 0.335 e. The second-order valence-corrected chi connectivity index (χ2v) is 4.43. The van der Waals surface area contributed by atoms with Crippen molar-refractivity contribution < 1.29 is 14.3 Å². The van der Waals surface area contributed by atoms with E-state index in [1.807, 2.05) is 0 Å². The average molecular weight is 284 g/mol. The Hall–Kier alpha value is -3.02. The molecular formula is C15H9FN2O3. The van der Waals surface area contributed by atoms with E-state index in [2.05, 4.69) is 9.97 Å². The number of nitrogens with zero attached hydrogens (tertiary/aromatic N) is 1. The molecular weight excluding hydrogens is 275 g/mol. The molecule has 0 radical (unpaired) electrons. The zero-order valence-corrected chi connectivity index (χ0v) is 10.6. The number of nitrogens with one attached hydrogen (secondary N) is 1. The van der Waals surface area contributed by atoms with Gasteiger partial charge in [0.05, 0.1) is 22.0 Å². The van der Waals surface area contributed by atoms with Crippen LogP contribution in [0.5, 0.6) is 0 Å². The predicted molar refractivity (Wildman–Crippen MR) is 74.7 cm³/mol. The Morgan fingerprint density at radius 2 is 1.95 bits per heavy atom.